The molecule has 0 amide bonds. The second-order valence-electron chi connectivity index (χ2n) is 5.79. The third-order valence-corrected chi connectivity index (χ3v) is 4.91. The van der Waals surface area contributed by atoms with Crippen LogP contribution in [0.3, 0.4) is 0 Å². The average Bonchev–Trinajstić information content (AvgIpc) is 2.24. The summed E-state index contributed by atoms with van der Waals surface area (Å²) < 4.78 is 36.2. The molecule has 0 bridgehead atoms. The highest BCUT2D eigenvalue weighted by molar-refractivity contribution is 8.00. The van der Waals surface area contributed by atoms with E-state index in [1.54, 1.807) is 0 Å². The Morgan fingerprint density at radius 2 is 1.89 bits per heavy atom. The molecule has 1 saturated carbocycles. The van der Waals surface area contributed by atoms with Crippen LogP contribution in [-0.2, 0) is 0 Å². The molecule has 1 nitrogen and oxygen atoms in total. The summed E-state index contributed by atoms with van der Waals surface area (Å²) in [6.07, 6.45) is -0.852. The Kier molecular flexibility index (Phi) is 5.39. The van der Waals surface area contributed by atoms with Gasteiger partial charge in [-0.3, -0.25) is 0 Å². The van der Waals surface area contributed by atoms with E-state index in [-0.39, 0.29) is 16.9 Å². The van der Waals surface area contributed by atoms with Crippen LogP contribution in [0.25, 0.3) is 0 Å². The first-order chi connectivity index (χ1) is 8.23. The lowest BCUT2D eigenvalue weighted by molar-refractivity contribution is -0.129. The second kappa shape index (κ2) is 6.18. The van der Waals surface area contributed by atoms with Crippen molar-refractivity contribution in [1.82, 2.24) is 0 Å². The molecule has 1 fully saturated rings. The van der Waals surface area contributed by atoms with E-state index in [0.29, 0.717) is 5.41 Å². The molecule has 0 heterocycles. The molecule has 0 N–H and O–H groups in total. The van der Waals surface area contributed by atoms with Gasteiger partial charge in [0.05, 0.1) is 17.7 Å². The van der Waals surface area contributed by atoms with Gasteiger partial charge in [0.2, 0.25) is 0 Å². The fraction of sp³-hybridized carbons (Fsp3) is 0.923. The topological polar surface area (TPSA) is 23.8 Å². The van der Waals surface area contributed by atoms with Crippen molar-refractivity contribution >= 4 is 11.8 Å². The maximum absolute atomic E-state index is 12.1. The lowest BCUT2D eigenvalue weighted by atomic mass is 9.72. The van der Waals surface area contributed by atoms with Crippen LogP contribution in [0.2, 0.25) is 0 Å². The number of hydrogen-bond acceptors (Lipinski definition) is 2. The summed E-state index contributed by atoms with van der Waals surface area (Å²) in [5.41, 5.74) is 0.327. The van der Waals surface area contributed by atoms with Crippen molar-refractivity contribution in [3.8, 4) is 6.07 Å². The molecular formula is C13H20F3NS. The van der Waals surface area contributed by atoms with E-state index in [1.165, 1.54) is 11.8 Å². The van der Waals surface area contributed by atoms with Gasteiger partial charge in [0.25, 0.3) is 0 Å². The van der Waals surface area contributed by atoms with Gasteiger partial charge in [-0.05, 0) is 37.0 Å². The Bertz CT molecular complexity index is 296. The molecule has 1 atom stereocenters. The number of rotatable bonds is 4. The van der Waals surface area contributed by atoms with E-state index in [4.69, 9.17) is 5.26 Å². The summed E-state index contributed by atoms with van der Waals surface area (Å²) >= 11 is 1.17. The van der Waals surface area contributed by atoms with Crippen molar-refractivity contribution in [3.05, 3.63) is 0 Å². The first kappa shape index (κ1) is 15.7. The third-order valence-electron chi connectivity index (χ3n) is 3.62. The Hall–Kier alpha value is -0.370. The zero-order valence-electron chi connectivity index (χ0n) is 10.9. The molecule has 1 aliphatic rings. The molecule has 1 unspecified atom stereocenters. The van der Waals surface area contributed by atoms with E-state index < -0.39 is 12.6 Å². The van der Waals surface area contributed by atoms with Crippen molar-refractivity contribution in [3.63, 3.8) is 0 Å². The van der Waals surface area contributed by atoms with Crippen LogP contribution in [0.15, 0.2) is 0 Å². The predicted molar refractivity (Wildman–Crippen MR) is 68.3 cm³/mol. The van der Waals surface area contributed by atoms with Gasteiger partial charge in [0.1, 0.15) is 0 Å². The summed E-state index contributed by atoms with van der Waals surface area (Å²) in [6, 6.07) is 2.18. The van der Waals surface area contributed by atoms with Crippen LogP contribution in [0.1, 0.15) is 46.0 Å². The molecule has 0 spiro atoms. The average molecular weight is 279 g/mol. The highest BCUT2D eigenvalue weighted by atomic mass is 32.2. The van der Waals surface area contributed by atoms with E-state index in [9.17, 15) is 13.2 Å². The molecule has 0 saturated heterocycles. The number of halogens is 3. The lowest BCUT2D eigenvalue weighted by Crippen LogP contribution is -2.27. The SMILES string of the molecule is CC1(C)CCC(C(C#N)SCCC(F)(F)F)CC1. The fourth-order valence-corrected chi connectivity index (χ4v) is 3.53. The van der Waals surface area contributed by atoms with Crippen LogP contribution in [0, 0.1) is 22.7 Å². The Morgan fingerprint density at radius 1 is 1.33 bits per heavy atom. The second-order valence-corrected chi connectivity index (χ2v) is 7.04. The molecule has 0 aromatic heterocycles. The number of nitrogens with zero attached hydrogens (tertiary/aromatic N) is 1. The highest BCUT2D eigenvalue weighted by Gasteiger charge is 2.33. The molecule has 0 aromatic rings. The minimum atomic E-state index is -4.11. The minimum Gasteiger partial charge on any atom is -0.197 e. The molecule has 5 heteroatoms. The lowest BCUT2D eigenvalue weighted by Gasteiger charge is -2.35. The molecule has 0 aliphatic heterocycles. The summed E-state index contributed by atoms with van der Waals surface area (Å²) in [4.78, 5) is 0. The zero-order chi connectivity index (χ0) is 13.8. The van der Waals surface area contributed by atoms with E-state index in [0.717, 1.165) is 25.7 Å². The van der Waals surface area contributed by atoms with Crippen LogP contribution >= 0.6 is 11.8 Å². The van der Waals surface area contributed by atoms with Gasteiger partial charge in [-0.25, -0.2) is 0 Å². The maximum atomic E-state index is 12.1. The Balaban J connectivity index is 2.37. The largest absolute Gasteiger partial charge is 0.389 e. The van der Waals surface area contributed by atoms with Gasteiger partial charge in [0, 0.05) is 5.75 Å². The number of thioether (sulfide) groups is 1. The molecule has 0 radical (unpaired) electrons. The smallest absolute Gasteiger partial charge is 0.197 e. The highest BCUT2D eigenvalue weighted by Crippen LogP contribution is 2.41. The molecule has 1 aliphatic carbocycles. The predicted octanol–water partition coefficient (Wildman–Crippen LogP) is 4.78. The summed E-state index contributed by atoms with van der Waals surface area (Å²) in [5, 5.41) is 8.81. The first-order valence-corrected chi connectivity index (χ1v) is 7.36. The van der Waals surface area contributed by atoms with Gasteiger partial charge >= 0.3 is 6.18 Å². The fourth-order valence-electron chi connectivity index (χ4n) is 2.30. The van der Waals surface area contributed by atoms with Crippen LogP contribution in [0.4, 0.5) is 13.2 Å². The zero-order valence-corrected chi connectivity index (χ0v) is 11.7. The van der Waals surface area contributed by atoms with Gasteiger partial charge in [-0.1, -0.05) is 13.8 Å². The quantitative estimate of drug-likeness (QED) is 0.739. The minimum absolute atomic E-state index is 0.00161. The van der Waals surface area contributed by atoms with Crippen molar-refractivity contribution < 1.29 is 13.2 Å². The van der Waals surface area contributed by atoms with Crippen molar-refractivity contribution in [2.24, 2.45) is 11.3 Å². The molecule has 104 valence electrons. The number of nitriles is 1. The number of alkyl halides is 3. The molecular weight excluding hydrogens is 259 g/mol. The standard InChI is InChI=1S/C13H20F3NS/c1-12(2)5-3-10(4-6-12)11(9-17)18-8-7-13(14,15)16/h10-11H,3-8H2,1-2H3. The van der Waals surface area contributed by atoms with Crippen molar-refractivity contribution in [2.75, 3.05) is 5.75 Å². The van der Waals surface area contributed by atoms with Gasteiger partial charge in [0.15, 0.2) is 0 Å². The van der Waals surface area contributed by atoms with E-state index in [1.807, 2.05) is 0 Å². The van der Waals surface area contributed by atoms with Crippen molar-refractivity contribution in [1.29, 1.82) is 5.26 Å². The normalized spacial score (nSPS) is 22.4. The van der Waals surface area contributed by atoms with Crippen LogP contribution < -0.4 is 0 Å². The summed E-state index contributed by atoms with van der Waals surface area (Å²) in [7, 11) is 0. The van der Waals surface area contributed by atoms with Gasteiger partial charge < -0.3 is 0 Å². The maximum Gasteiger partial charge on any atom is 0.389 e. The Labute approximate surface area is 111 Å². The molecule has 0 aromatic carbocycles. The Morgan fingerprint density at radius 3 is 2.33 bits per heavy atom. The third kappa shape index (κ3) is 5.51. The van der Waals surface area contributed by atoms with Crippen LogP contribution in [-0.4, -0.2) is 17.2 Å². The van der Waals surface area contributed by atoms with Crippen molar-refractivity contribution in [2.45, 2.75) is 57.4 Å². The van der Waals surface area contributed by atoms with E-state index >= 15 is 0 Å². The summed E-state index contributed by atoms with van der Waals surface area (Å²) in [6.45, 7) is 4.42. The van der Waals surface area contributed by atoms with Gasteiger partial charge in [-0.2, -0.15) is 18.4 Å². The number of hydrogen-bond donors (Lipinski definition) is 0. The van der Waals surface area contributed by atoms with E-state index in [2.05, 4.69) is 19.9 Å². The van der Waals surface area contributed by atoms with Gasteiger partial charge in [-0.15, -0.1) is 11.8 Å². The summed E-state index contributed by atoms with van der Waals surface area (Å²) in [5.74, 6) is 0.267. The monoisotopic (exact) mass is 279 g/mol. The first-order valence-electron chi connectivity index (χ1n) is 6.31. The van der Waals surface area contributed by atoms with Crippen LogP contribution in [0.5, 0.6) is 0 Å². The molecule has 18 heavy (non-hydrogen) atoms. The molecule has 1 rings (SSSR count).